The second kappa shape index (κ2) is 4.07. The summed E-state index contributed by atoms with van der Waals surface area (Å²) in [7, 11) is 0. The van der Waals surface area contributed by atoms with Crippen LogP contribution in [0.2, 0.25) is 0 Å². The monoisotopic (exact) mass is 218 g/mol. The van der Waals surface area contributed by atoms with Crippen LogP contribution in [0, 0.1) is 0 Å². The molecule has 0 radical (unpaired) electrons. The molecule has 1 aromatic rings. The molecule has 0 aliphatic heterocycles. The van der Waals surface area contributed by atoms with Crippen molar-refractivity contribution in [1.82, 2.24) is 4.98 Å². The van der Waals surface area contributed by atoms with E-state index in [2.05, 4.69) is 4.98 Å². The smallest absolute Gasteiger partial charge is 0.307 e. The van der Waals surface area contributed by atoms with Crippen molar-refractivity contribution in [2.75, 3.05) is 5.73 Å². The van der Waals surface area contributed by atoms with Crippen LogP contribution in [0.1, 0.15) is 17.6 Å². The van der Waals surface area contributed by atoms with Gasteiger partial charge < -0.3 is 15.9 Å². The topological polar surface area (TPSA) is 96.4 Å². The fourth-order valence-electron chi connectivity index (χ4n) is 1.12. The number of nitrogens with two attached hydrogens (primary N) is 1. The SMILES string of the molecule is Nc1ncc(CC(=O)O)c(C(F)F)c1O. The van der Waals surface area contributed by atoms with Crippen LogP contribution < -0.4 is 5.73 Å². The Balaban J connectivity index is 3.26. The van der Waals surface area contributed by atoms with Crippen molar-refractivity contribution in [3.63, 3.8) is 0 Å². The van der Waals surface area contributed by atoms with Crippen molar-refractivity contribution >= 4 is 11.8 Å². The molecule has 0 saturated heterocycles. The van der Waals surface area contributed by atoms with Crippen LogP contribution in [0.5, 0.6) is 5.75 Å². The van der Waals surface area contributed by atoms with Crippen LogP contribution in [0.4, 0.5) is 14.6 Å². The zero-order valence-electron chi connectivity index (χ0n) is 7.44. The highest BCUT2D eigenvalue weighted by molar-refractivity contribution is 5.71. The van der Waals surface area contributed by atoms with Crippen LogP contribution in [0.15, 0.2) is 6.20 Å². The lowest BCUT2D eigenvalue weighted by Crippen LogP contribution is -2.06. The lowest BCUT2D eigenvalue weighted by atomic mass is 10.1. The first-order valence-corrected chi connectivity index (χ1v) is 3.89. The predicted molar refractivity (Wildman–Crippen MR) is 46.6 cm³/mol. The molecule has 5 nitrogen and oxygen atoms in total. The second-order valence-electron chi connectivity index (χ2n) is 2.80. The number of aliphatic carboxylic acids is 1. The Morgan fingerprint density at radius 3 is 2.67 bits per heavy atom. The van der Waals surface area contributed by atoms with E-state index in [1.54, 1.807) is 0 Å². The van der Waals surface area contributed by atoms with Gasteiger partial charge in [-0.05, 0) is 5.56 Å². The summed E-state index contributed by atoms with van der Waals surface area (Å²) in [5.74, 6) is -2.59. The average Bonchev–Trinajstić information content (AvgIpc) is 2.10. The molecule has 0 aliphatic carbocycles. The van der Waals surface area contributed by atoms with Gasteiger partial charge in [0.15, 0.2) is 11.6 Å². The lowest BCUT2D eigenvalue weighted by molar-refractivity contribution is -0.136. The van der Waals surface area contributed by atoms with Gasteiger partial charge in [-0.2, -0.15) is 0 Å². The Bertz CT molecular complexity index is 396. The highest BCUT2D eigenvalue weighted by atomic mass is 19.3. The number of nitrogen functional groups attached to an aromatic ring is 1. The van der Waals surface area contributed by atoms with E-state index in [1.165, 1.54) is 0 Å². The molecule has 0 unspecified atom stereocenters. The molecule has 0 amide bonds. The fraction of sp³-hybridized carbons (Fsp3) is 0.250. The van der Waals surface area contributed by atoms with Crippen LogP contribution in [-0.4, -0.2) is 21.2 Å². The summed E-state index contributed by atoms with van der Waals surface area (Å²) in [6.07, 6.45) is -2.71. The molecule has 0 atom stereocenters. The molecule has 0 aliphatic rings. The first kappa shape index (κ1) is 11.2. The Hall–Kier alpha value is -1.92. The number of pyridine rings is 1. The number of aromatic nitrogens is 1. The van der Waals surface area contributed by atoms with Crippen molar-refractivity contribution in [3.8, 4) is 5.75 Å². The molecule has 0 spiro atoms. The third-order valence-corrected chi connectivity index (χ3v) is 1.76. The standard InChI is InChI=1S/C8H8F2N2O3/c9-7(10)5-3(1-4(13)14)2-12-8(11)6(5)15/h2,7,15H,1H2,(H2,11,12)(H,13,14). The minimum absolute atomic E-state index is 0.246. The molecule has 1 heterocycles. The molecule has 7 heteroatoms. The molecular formula is C8H8F2N2O3. The number of alkyl halides is 2. The van der Waals surface area contributed by atoms with Crippen molar-refractivity contribution in [3.05, 3.63) is 17.3 Å². The van der Waals surface area contributed by atoms with Gasteiger partial charge in [-0.3, -0.25) is 4.79 Å². The van der Waals surface area contributed by atoms with E-state index in [9.17, 15) is 18.7 Å². The summed E-state index contributed by atoms with van der Waals surface area (Å²) >= 11 is 0. The number of carbonyl (C=O) groups is 1. The zero-order valence-corrected chi connectivity index (χ0v) is 7.44. The number of hydrogen-bond acceptors (Lipinski definition) is 4. The third-order valence-electron chi connectivity index (χ3n) is 1.76. The van der Waals surface area contributed by atoms with E-state index in [1.807, 2.05) is 0 Å². The zero-order chi connectivity index (χ0) is 11.6. The van der Waals surface area contributed by atoms with Gasteiger partial charge in [0.05, 0.1) is 12.0 Å². The Morgan fingerprint density at radius 1 is 1.60 bits per heavy atom. The maximum absolute atomic E-state index is 12.5. The summed E-state index contributed by atoms with van der Waals surface area (Å²) in [5, 5.41) is 17.6. The number of halogens is 2. The number of anilines is 1. The minimum Gasteiger partial charge on any atom is -0.504 e. The van der Waals surface area contributed by atoms with Gasteiger partial charge in [0.25, 0.3) is 6.43 Å². The molecule has 0 aromatic carbocycles. The fourth-order valence-corrected chi connectivity index (χ4v) is 1.12. The van der Waals surface area contributed by atoms with Crippen LogP contribution in [0.3, 0.4) is 0 Å². The number of rotatable bonds is 3. The van der Waals surface area contributed by atoms with Gasteiger partial charge in [-0.15, -0.1) is 0 Å². The quantitative estimate of drug-likeness (QED) is 0.701. The highest BCUT2D eigenvalue weighted by Crippen LogP contribution is 2.34. The highest BCUT2D eigenvalue weighted by Gasteiger charge is 2.21. The summed E-state index contributed by atoms with van der Waals surface area (Å²) in [5.41, 5.74) is 4.10. The van der Waals surface area contributed by atoms with Crippen molar-refractivity contribution in [2.45, 2.75) is 12.8 Å². The van der Waals surface area contributed by atoms with E-state index in [4.69, 9.17) is 10.8 Å². The summed E-state index contributed by atoms with van der Waals surface area (Å²) in [6, 6.07) is 0. The number of hydrogen-bond donors (Lipinski definition) is 3. The first-order chi connectivity index (χ1) is 6.93. The van der Waals surface area contributed by atoms with E-state index >= 15 is 0 Å². The second-order valence-corrected chi connectivity index (χ2v) is 2.80. The third kappa shape index (κ3) is 2.30. The number of nitrogens with zero attached hydrogens (tertiary/aromatic N) is 1. The maximum Gasteiger partial charge on any atom is 0.307 e. The molecule has 0 saturated carbocycles. The lowest BCUT2D eigenvalue weighted by Gasteiger charge is -2.09. The van der Waals surface area contributed by atoms with E-state index in [0.717, 1.165) is 6.20 Å². The van der Waals surface area contributed by atoms with E-state index in [-0.39, 0.29) is 5.56 Å². The average molecular weight is 218 g/mol. The van der Waals surface area contributed by atoms with Gasteiger partial charge in [0, 0.05) is 6.20 Å². The van der Waals surface area contributed by atoms with Gasteiger partial charge in [0.1, 0.15) is 0 Å². The summed E-state index contributed by atoms with van der Waals surface area (Å²) in [6.45, 7) is 0. The largest absolute Gasteiger partial charge is 0.504 e. The van der Waals surface area contributed by atoms with Gasteiger partial charge in [-0.1, -0.05) is 0 Å². The normalized spacial score (nSPS) is 10.6. The van der Waals surface area contributed by atoms with E-state index < -0.39 is 35.9 Å². The molecule has 0 bridgehead atoms. The Kier molecular flexibility index (Phi) is 3.03. The number of carboxylic acid groups (broad SMARTS) is 1. The molecule has 0 fully saturated rings. The van der Waals surface area contributed by atoms with Gasteiger partial charge in [-0.25, -0.2) is 13.8 Å². The minimum atomic E-state index is -3.00. The summed E-state index contributed by atoms with van der Waals surface area (Å²) < 4.78 is 25.0. The van der Waals surface area contributed by atoms with Crippen molar-refractivity contribution in [2.24, 2.45) is 0 Å². The Morgan fingerprint density at radius 2 is 2.20 bits per heavy atom. The predicted octanol–water partition coefficient (Wildman–Crippen LogP) is 0.934. The molecular weight excluding hydrogens is 210 g/mol. The molecule has 82 valence electrons. The van der Waals surface area contributed by atoms with Crippen molar-refractivity contribution in [1.29, 1.82) is 0 Å². The first-order valence-electron chi connectivity index (χ1n) is 3.89. The van der Waals surface area contributed by atoms with Crippen LogP contribution in [-0.2, 0) is 11.2 Å². The summed E-state index contributed by atoms with van der Waals surface area (Å²) in [4.78, 5) is 13.8. The van der Waals surface area contributed by atoms with Gasteiger partial charge >= 0.3 is 5.97 Å². The number of aromatic hydroxyl groups is 1. The van der Waals surface area contributed by atoms with Crippen LogP contribution in [0.25, 0.3) is 0 Å². The number of carboxylic acids is 1. The maximum atomic E-state index is 12.5. The Labute approximate surface area is 83.2 Å². The van der Waals surface area contributed by atoms with E-state index in [0.29, 0.717) is 0 Å². The van der Waals surface area contributed by atoms with Crippen LogP contribution >= 0.6 is 0 Å². The molecule has 4 N–H and O–H groups in total. The molecule has 15 heavy (non-hydrogen) atoms. The van der Waals surface area contributed by atoms with Crippen molar-refractivity contribution < 1.29 is 23.8 Å². The molecule has 1 aromatic heterocycles. The molecule has 1 rings (SSSR count). The van der Waals surface area contributed by atoms with Gasteiger partial charge in [0.2, 0.25) is 0 Å².